The van der Waals surface area contributed by atoms with E-state index in [9.17, 15) is 13.9 Å². The average molecular weight is 357 g/mol. The Morgan fingerprint density at radius 2 is 1.88 bits per heavy atom. The molecule has 0 unspecified atom stereocenters. The summed E-state index contributed by atoms with van der Waals surface area (Å²) in [6, 6.07) is 8.74. The summed E-state index contributed by atoms with van der Waals surface area (Å²) in [5, 5.41) is 14.9. The van der Waals surface area contributed by atoms with E-state index in [1.807, 2.05) is 0 Å². The number of nitrogens with zero attached hydrogens (tertiary/aromatic N) is 3. The molecule has 3 rings (SSSR count). The van der Waals surface area contributed by atoms with Gasteiger partial charge in [0.1, 0.15) is 5.82 Å². The van der Waals surface area contributed by atoms with Crippen molar-refractivity contribution in [3.8, 4) is 11.3 Å². The summed E-state index contributed by atoms with van der Waals surface area (Å²) in [6.45, 7) is 1.66. The van der Waals surface area contributed by atoms with Crippen LogP contribution in [0, 0.1) is 11.6 Å². The molecular weight excluding hydrogens is 340 g/mol. The molecular formula is C18H17F2N5O. The van der Waals surface area contributed by atoms with Gasteiger partial charge in [0.05, 0.1) is 18.0 Å². The zero-order valence-corrected chi connectivity index (χ0v) is 13.9. The summed E-state index contributed by atoms with van der Waals surface area (Å²) >= 11 is 0. The molecule has 0 saturated heterocycles. The molecule has 3 aromatic rings. The van der Waals surface area contributed by atoms with Gasteiger partial charge in [-0.15, -0.1) is 0 Å². The van der Waals surface area contributed by atoms with E-state index in [1.165, 1.54) is 12.1 Å². The summed E-state index contributed by atoms with van der Waals surface area (Å²) in [5.41, 5.74) is 1.31. The molecule has 6 nitrogen and oxygen atoms in total. The quantitative estimate of drug-likeness (QED) is 0.628. The van der Waals surface area contributed by atoms with Gasteiger partial charge < -0.3 is 15.7 Å². The molecule has 0 bridgehead atoms. The Hall–Kier alpha value is -3.13. The highest BCUT2D eigenvalue weighted by atomic mass is 19.2. The van der Waals surface area contributed by atoms with Gasteiger partial charge in [-0.1, -0.05) is 6.07 Å². The Morgan fingerprint density at radius 1 is 1.12 bits per heavy atom. The number of rotatable bonds is 6. The third kappa shape index (κ3) is 4.09. The maximum Gasteiger partial charge on any atom is 0.225 e. The number of aliphatic hydroxyl groups is 1. The van der Waals surface area contributed by atoms with Crippen LogP contribution in [0.4, 0.5) is 26.2 Å². The summed E-state index contributed by atoms with van der Waals surface area (Å²) in [4.78, 5) is 12.6. The second-order valence-electron chi connectivity index (χ2n) is 5.65. The summed E-state index contributed by atoms with van der Waals surface area (Å²) in [5.74, 6) is -1.41. The van der Waals surface area contributed by atoms with Gasteiger partial charge in [-0.2, -0.15) is 4.98 Å². The van der Waals surface area contributed by atoms with Gasteiger partial charge in [-0.3, -0.25) is 4.98 Å². The van der Waals surface area contributed by atoms with Gasteiger partial charge in [-0.25, -0.2) is 13.8 Å². The van der Waals surface area contributed by atoms with Gasteiger partial charge in [0, 0.05) is 30.1 Å². The van der Waals surface area contributed by atoms with Crippen LogP contribution in [0.5, 0.6) is 0 Å². The lowest BCUT2D eigenvalue weighted by molar-refractivity contribution is 0.281. The first-order valence-corrected chi connectivity index (χ1v) is 7.94. The maximum atomic E-state index is 13.9. The SMILES string of the molecule is C[C@H](CO)Nc1nc(Nc2cccc(F)c2F)cc(-c2ccncc2)n1. The molecule has 134 valence electrons. The average Bonchev–Trinajstić information content (AvgIpc) is 2.66. The molecule has 1 atom stereocenters. The topological polar surface area (TPSA) is 83.0 Å². The van der Waals surface area contributed by atoms with Gasteiger partial charge in [0.25, 0.3) is 0 Å². The van der Waals surface area contributed by atoms with Gasteiger partial charge in [-0.05, 0) is 31.2 Å². The maximum absolute atomic E-state index is 13.9. The van der Waals surface area contributed by atoms with Gasteiger partial charge in [0.15, 0.2) is 11.6 Å². The fourth-order valence-corrected chi connectivity index (χ4v) is 2.25. The Labute approximate surface area is 149 Å². The first-order valence-electron chi connectivity index (χ1n) is 7.94. The molecule has 0 radical (unpaired) electrons. The van der Waals surface area contributed by atoms with Crippen LogP contribution in [-0.4, -0.2) is 32.7 Å². The summed E-state index contributed by atoms with van der Waals surface area (Å²) in [7, 11) is 0. The van der Waals surface area contributed by atoms with E-state index in [0.29, 0.717) is 5.69 Å². The normalized spacial score (nSPS) is 11.8. The van der Waals surface area contributed by atoms with E-state index in [2.05, 4.69) is 25.6 Å². The second kappa shape index (κ2) is 7.83. The number of benzene rings is 1. The molecule has 26 heavy (non-hydrogen) atoms. The molecule has 0 aliphatic rings. The Kier molecular flexibility index (Phi) is 5.33. The van der Waals surface area contributed by atoms with Crippen molar-refractivity contribution in [2.24, 2.45) is 0 Å². The smallest absolute Gasteiger partial charge is 0.225 e. The van der Waals surface area contributed by atoms with Crippen molar-refractivity contribution in [3.63, 3.8) is 0 Å². The zero-order valence-electron chi connectivity index (χ0n) is 13.9. The second-order valence-corrected chi connectivity index (χ2v) is 5.65. The number of halogens is 2. The van der Waals surface area contributed by atoms with Crippen molar-refractivity contribution >= 4 is 17.5 Å². The molecule has 0 saturated carbocycles. The van der Waals surface area contributed by atoms with Crippen LogP contribution >= 0.6 is 0 Å². The van der Waals surface area contributed by atoms with Crippen molar-refractivity contribution in [3.05, 3.63) is 60.4 Å². The van der Waals surface area contributed by atoms with Crippen LogP contribution in [0.3, 0.4) is 0 Å². The molecule has 0 fully saturated rings. The van der Waals surface area contributed by atoms with Gasteiger partial charge in [0.2, 0.25) is 5.95 Å². The van der Waals surface area contributed by atoms with Crippen LogP contribution in [0.1, 0.15) is 6.92 Å². The molecule has 1 aromatic carbocycles. The predicted molar refractivity (Wildman–Crippen MR) is 95.1 cm³/mol. The predicted octanol–water partition coefficient (Wildman–Crippen LogP) is 3.35. The standard InChI is InChI=1S/C18H17F2N5O/c1-11(10-26)22-18-24-15(12-5-7-21-8-6-12)9-16(25-18)23-14-4-2-3-13(19)17(14)20/h2-9,11,26H,10H2,1H3,(H2,22,23,24,25)/t11-/m1/s1. The number of pyridine rings is 1. The van der Waals surface area contributed by atoms with E-state index < -0.39 is 11.6 Å². The zero-order chi connectivity index (χ0) is 18.5. The highest BCUT2D eigenvalue weighted by Gasteiger charge is 2.12. The van der Waals surface area contributed by atoms with E-state index >= 15 is 0 Å². The largest absolute Gasteiger partial charge is 0.394 e. The number of hydrogen-bond acceptors (Lipinski definition) is 6. The van der Waals surface area contributed by atoms with Crippen LogP contribution < -0.4 is 10.6 Å². The number of nitrogens with one attached hydrogen (secondary N) is 2. The first kappa shape index (κ1) is 17.7. The first-order chi connectivity index (χ1) is 12.6. The van der Waals surface area contributed by atoms with Crippen molar-refractivity contribution in [2.75, 3.05) is 17.2 Å². The molecule has 2 heterocycles. The van der Waals surface area contributed by atoms with Crippen molar-refractivity contribution in [2.45, 2.75) is 13.0 Å². The minimum atomic E-state index is -0.991. The third-order valence-electron chi connectivity index (χ3n) is 3.57. The van der Waals surface area contributed by atoms with Gasteiger partial charge >= 0.3 is 0 Å². The molecule has 0 aliphatic heterocycles. The van der Waals surface area contributed by atoms with Crippen molar-refractivity contribution in [1.82, 2.24) is 15.0 Å². The van der Waals surface area contributed by atoms with Crippen LogP contribution in [0.25, 0.3) is 11.3 Å². The molecule has 0 aliphatic carbocycles. The Bertz CT molecular complexity index is 892. The number of hydrogen-bond donors (Lipinski definition) is 3. The molecule has 2 aromatic heterocycles. The van der Waals surface area contributed by atoms with Crippen molar-refractivity contribution < 1.29 is 13.9 Å². The van der Waals surface area contributed by atoms with E-state index in [-0.39, 0.29) is 30.1 Å². The lowest BCUT2D eigenvalue weighted by Gasteiger charge is -2.14. The molecule has 0 spiro atoms. The van der Waals surface area contributed by atoms with Crippen LogP contribution in [-0.2, 0) is 0 Å². The molecule has 3 N–H and O–H groups in total. The Balaban J connectivity index is 2.00. The highest BCUT2D eigenvalue weighted by Crippen LogP contribution is 2.25. The number of aliphatic hydroxyl groups excluding tert-OH is 1. The van der Waals surface area contributed by atoms with E-state index in [0.717, 1.165) is 11.6 Å². The molecule has 8 heteroatoms. The number of aromatic nitrogens is 3. The summed E-state index contributed by atoms with van der Waals surface area (Å²) in [6.07, 6.45) is 3.25. The van der Waals surface area contributed by atoms with Crippen molar-refractivity contribution in [1.29, 1.82) is 0 Å². The van der Waals surface area contributed by atoms with E-state index in [4.69, 9.17) is 0 Å². The van der Waals surface area contributed by atoms with E-state index in [1.54, 1.807) is 37.5 Å². The fraction of sp³-hybridized carbons (Fsp3) is 0.167. The van der Waals surface area contributed by atoms with Crippen LogP contribution in [0.15, 0.2) is 48.8 Å². The lowest BCUT2D eigenvalue weighted by atomic mass is 10.2. The fourth-order valence-electron chi connectivity index (χ4n) is 2.25. The Morgan fingerprint density at radius 3 is 2.62 bits per heavy atom. The van der Waals surface area contributed by atoms with Crippen LogP contribution in [0.2, 0.25) is 0 Å². The summed E-state index contributed by atoms with van der Waals surface area (Å²) < 4.78 is 27.4. The third-order valence-corrected chi connectivity index (χ3v) is 3.57. The number of anilines is 3. The minimum Gasteiger partial charge on any atom is -0.394 e. The highest BCUT2D eigenvalue weighted by molar-refractivity contribution is 5.67. The lowest BCUT2D eigenvalue weighted by Crippen LogP contribution is -2.21. The monoisotopic (exact) mass is 357 g/mol. The minimum absolute atomic E-state index is 0.0365. The molecule has 0 amide bonds.